The summed E-state index contributed by atoms with van der Waals surface area (Å²) in [7, 11) is -3.79. The fourth-order valence-electron chi connectivity index (χ4n) is 0.910. The molecule has 0 heterocycles. The fourth-order valence-corrected chi connectivity index (χ4v) is 6.13. The van der Waals surface area contributed by atoms with Crippen LogP contribution in [0.25, 0.3) is 0 Å². The van der Waals surface area contributed by atoms with Gasteiger partial charge < -0.3 is 0 Å². The second-order valence-electron chi connectivity index (χ2n) is 3.43. The normalized spacial score (nSPS) is 19.3. The van der Waals surface area contributed by atoms with Crippen LogP contribution in [-0.2, 0) is 18.1 Å². The van der Waals surface area contributed by atoms with Crippen molar-refractivity contribution in [3.05, 3.63) is 0 Å². The minimum absolute atomic E-state index is 0.342. The Bertz CT molecular complexity index is 261. The maximum Gasteiger partial charge on any atom is 0.478 e. The molecule has 0 saturated carbocycles. The lowest BCUT2D eigenvalue weighted by atomic mass is 10.5. The second-order valence-corrected chi connectivity index (χ2v) is 9.15. The molecule has 0 aliphatic carbocycles. The van der Waals surface area contributed by atoms with Gasteiger partial charge in [0.05, 0.1) is 0 Å². The van der Waals surface area contributed by atoms with Gasteiger partial charge in [-0.1, -0.05) is 47.8 Å². The van der Waals surface area contributed by atoms with Crippen LogP contribution in [-0.4, -0.2) is 32.7 Å². The van der Waals surface area contributed by atoms with Crippen LogP contribution in [0.1, 0.15) is 19.3 Å². The van der Waals surface area contributed by atoms with Crippen molar-refractivity contribution in [1.29, 1.82) is 0 Å². The molecule has 0 aliphatic heterocycles. The van der Waals surface area contributed by atoms with E-state index in [1.807, 2.05) is 0 Å². The average Bonchev–Trinajstić information content (AvgIpc) is 2.28. The third kappa shape index (κ3) is 11.0. The van der Waals surface area contributed by atoms with Gasteiger partial charge in [-0.15, -0.1) is 34.8 Å². The number of phosphoric ester groups is 1. The van der Waals surface area contributed by atoms with Crippen LogP contribution < -0.4 is 0 Å². The van der Waals surface area contributed by atoms with Crippen LogP contribution in [0.5, 0.6) is 0 Å². The van der Waals surface area contributed by atoms with Gasteiger partial charge in [0.25, 0.3) is 0 Å². The van der Waals surface area contributed by atoms with E-state index in [4.69, 9.17) is 48.4 Å². The number of phosphoric acid groups is 1. The summed E-state index contributed by atoms with van der Waals surface area (Å²) in [6, 6.07) is 0. The summed E-state index contributed by atoms with van der Waals surface area (Å²) in [4.78, 5) is 0. The quantitative estimate of drug-likeness (QED) is 0.210. The van der Waals surface area contributed by atoms with Crippen LogP contribution in [0.15, 0.2) is 0 Å². The molecule has 0 bridgehead atoms. The van der Waals surface area contributed by atoms with Crippen LogP contribution >= 0.6 is 90.4 Å². The molecule has 3 atom stereocenters. The molecule has 20 heavy (non-hydrogen) atoms. The third-order valence-corrected chi connectivity index (χ3v) is 6.73. The minimum Gasteiger partial charge on any atom is -0.272 e. The predicted octanol–water partition coefficient (Wildman–Crippen LogP) is 6.19. The Kier molecular flexibility index (Phi) is 14.3. The van der Waals surface area contributed by atoms with Crippen molar-refractivity contribution < 1.29 is 18.1 Å². The van der Waals surface area contributed by atoms with E-state index in [2.05, 4.69) is 47.8 Å². The lowest BCUT2D eigenvalue weighted by molar-refractivity contribution is 0.0930. The van der Waals surface area contributed by atoms with E-state index in [0.717, 1.165) is 0 Å². The zero-order chi connectivity index (χ0) is 15.6. The molecule has 0 fully saturated rings. The van der Waals surface area contributed by atoms with Crippen molar-refractivity contribution in [3.63, 3.8) is 0 Å². The van der Waals surface area contributed by atoms with E-state index in [-0.39, 0.29) is 0 Å². The Morgan fingerprint density at radius 1 is 0.750 bits per heavy atom. The summed E-state index contributed by atoms with van der Waals surface area (Å²) in [5, 5.41) is -1.63. The number of rotatable bonds is 12. The summed E-state index contributed by atoms with van der Waals surface area (Å²) >= 11 is 26.4. The highest BCUT2D eigenvalue weighted by molar-refractivity contribution is 9.10. The zero-order valence-electron chi connectivity index (χ0n) is 10.3. The largest absolute Gasteiger partial charge is 0.478 e. The van der Waals surface area contributed by atoms with E-state index in [1.54, 1.807) is 0 Å². The second kappa shape index (κ2) is 12.8. The van der Waals surface area contributed by atoms with Gasteiger partial charge in [0.1, 0.15) is 15.0 Å². The van der Waals surface area contributed by atoms with Crippen molar-refractivity contribution >= 4 is 90.4 Å². The van der Waals surface area contributed by atoms with Crippen molar-refractivity contribution in [3.8, 4) is 0 Å². The Balaban J connectivity index is 4.69. The van der Waals surface area contributed by atoms with E-state index >= 15 is 0 Å². The van der Waals surface area contributed by atoms with Crippen LogP contribution in [0.3, 0.4) is 0 Å². The molecular weight excluding hydrogens is 549 g/mol. The summed E-state index contributed by atoms with van der Waals surface area (Å²) < 4.78 is 28.5. The molecule has 0 amide bonds. The molecule has 0 aromatic carbocycles. The molecule has 0 saturated heterocycles. The number of halogens is 6. The van der Waals surface area contributed by atoms with Crippen molar-refractivity contribution in [2.45, 2.75) is 34.3 Å². The van der Waals surface area contributed by atoms with Gasteiger partial charge in [-0.05, 0) is 19.3 Å². The minimum atomic E-state index is -3.79. The zero-order valence-corrected chi connectivity index (χ0v) is 18.2. The molecule has 3 unspecified atom stereocenters. The third-order valence-electron chi connectivity index (χ3n) is 1.74. The fraction of sp³-hybridized carbons (Fsp3) is 1.00. The first-order valence-corrected chi connectivity index (χ1v) is 11.4. The highest BCUT2D eigenvalue weighted by Gasteiger charge is 2.35. The SMILES string of the molecule is O=P(OC(Br)CCCl)(OC(Br)CCCl)OC(Br)CCCl. The summed E-state index contributed by atoms with van der Waals surface area (Å²) in [6.07, 6.45) is 1.34. The molecule has 0 aromatic rings. The topological polar surface area (TPSA) is 44.8 Å². The first kappa shape index (κ1) is 22.4. The van der Waals surface area contributed by atoms with Crippen molar-refractivity contribution in [2.75, 3.05) is 17.6 Å². The van der Waals surface area contributed by atoms with Crippen molar-refractivity contribution in [1.82, 2.24) is 0 Å². The maximum atomic E-state index is 12.6. The predicted molar refractivity (Wildman–Crippen MR) is 95.0 cm³/mol. The first-order valence-electron chi connectivity index (χ1n) is 5.62. The Labute approximate surface area is 159 Å². The summed E-state index contributed by atoms with van der Waals surface area (Å²) in [5.74, 6) is 1.03. The highest BCUT2D eigenvalue weighted by atomic mass is 79.9. The molecule has 0 aliphatic rings. The molecule has 0 N–H and O–H groups in total. The first-order chi connectivity index (χ1) is 9.36. The van der Waals surface area contributed by atoms with E-state index in [1.165, 1.54) is 0 Å². The Morgan fingerprint density at radius 3 is 1.20 bits per heavy atom. The number of hydrogen-bond acceptors (Lipinski definition) is 4. The Hall–Kier alpha value is 2.42. The number of hydrogen-bond donors (Lipinski definition) is 0. The van der Waals surface area contributed by atoms with Crippen LogP contribution in [0, 0.1) is 0 Å². The van der Waals surface area contributed by atoms with E-state index < -0.39 is 22.9 Å². The molecule has 0 aromatic heterocycles. The molecule has 0 radical (unpaired) electrons. The summed E-state index contributed by atoms with van der Waals surface area (Å²) in [6.45, 7) is 0. The van der Waals surface area contributed by atoms with Gasteiger partial charge in [-0.3, -0.25) is 13.6 Å². The molecule has 0 spiro atoms. The smallest absolute Gasteiger partial charge is 0.272 e. The molecule has 122 valence electrons. The van der Waals surface area contributed by atoms with Crippen molar-refractivity contribution in [2.24, 2.45) is 0 Å². The van der Waals surface area contributed by atoms with Gasteiger partial charge in [0.15, 0.2) is 0 Å². The Morgan fingerprint density at radius 2 is 1.00 bits per heavy atom. The molecule has 11 heteroatoms. The van der Waals surface area contributed by atoms with Gasteiger partial charge in [-0.25, -0.2) is 4.57 Å². The molecule has 0 rings (SSSR count). The van der Waals surface area contributed by atoms with E-state index in [9.17, 15) is 4.57 Å². The average molecular weight is 564 g/mol. The van der Waals surface area contributed by atoms with Gasteiger partial charge in [0, 0.05) is 17.6 Å². The van der Waals surface area contributed by atoms with Gasteiger partial charge in [0.2, 0.25) is 0 Å². The van der Waals surface area contributed by atoms with Gasteiger partial charge in [-0.2, -0.15) is 0 Å². The van der Waals surface area contributed by atoms with Crippen LogP contribution in [0.2, 0.25) is 0 Å². The lowest BCUT2D eigenvalue weighted by Crippen LogP contribution is -2.15. The van der Waals surface area contributed by atoms with E-state index in [0.29, 0.717) is 36.9 Å². The molecule has 4 nitrogen and oxygen atoms in total. The summed E-state index contributed by atoms with van der Waals surface area (Å²) in [5.41, 5.74) is 0. The highest BCUT2D eigenvalue weighted by Crippen LogP contribution is 2.55. The lowest BCUT2D eigenvalue weighted by Gasteiger charge is -2.24. The standard InChI is InChI=1S/C9H15Br3Cl3O4P/c10-7(1-4-13)17-20(16,18-8(11)2-5-14)19-9(12)3-6-15/h7-9H,1-6H2. The maximum absolute atomic E-state index is 12.6. The number of alkyl halides is 6. The van der Waals surface area contributed by atoms with Crippen LogP contribution in [0.4, 0.5) is 0 Å². The van der Waals surface area contributed by atoms with Gasteiger partial charge >= 0.3 is 7.82 Å². The monoisotopic (exact) mass is 560 g/mol. The molecular formula is C9H15Br3Cl3O4P.